The molecule has 1 atom stereocenters. The van der Waals surface area contributed by atoms with Crippen LogP contribution in [0.4, 0.5) is 4.79 Å². The van der Waals surface area contributed by atoms with Gasteiger partial charge in [0.1, 0.15) is 5.82 Å². The Morgan fingerprint density at radius 3 is 2.39 bits per heavy atom. The number of carbonyl (C=O) groups excluding carboxylic acids is 1. The molecule has 0 unspecified atom stereocenters. The molecule has 6 nitrogen and oxygen atoms in total. The van der Waals surface area contributed by atoms with Crippen LogP contribution in [0.2, 0.25) is 0 Å². The van der Waals surface area contributed by atoms with Crippen LogP contribution >= 0.6 is 0 Å². The maximum Gasteiger partial charge on any atom is 0.318 e. The fourth-order valence-electron chi connectivity index (χ4n) is 4.96. The summed E-state index contributed by atoms with van der Waals surface area (Å²) in [5.74, 6) is 1.81. The number of para-hydroxylation sites is 1. The Morgan fingerprint density at radius 2 is 1.72 bits per heavy atom. The van der Waals surface area contributed by atoms with Gasteiger partial charge in [-0.3, -0.25) is 0 Å². The summed E-state index contributed by atoms with van der Waals surface area (Å²) in [6.45, 7) is 11.8. The molecule has 1 N–H and O–H groups in total. The first-order chi connectivity index (χ1) is 17.3. The molecule has 186 valence electrons. The molecular weight excluding hydrogens is 446 g/mol. The zero-order chi connectivity index (χ0) is 25.4. The summed E-state index contributed by atoms with van der Waals surface area (Å²) in [5.41, 5.74) is 6.40. The minimum atomic E-state index is -0.232. The van der Waals surface area contributed by atoms with Crippen molar-refractivity contribution >= 4 is 6.03 Å². The number of benzene rings is 2. The number of nitrogens with zero attached hydrogens (tertiary/aromatic N) is 4. The average molecular weight is 482 g/mol. The highest BCUT2D eigenvalue weighted by Gasteiger charge is 2.36. The van der Waals surface area contributed by atoms with Crippen molar-refractivity contribution in [1.82, 2.24) is 24.6 Å². The molecule has 1 aliphatic heterocycles. The maximum atomic E-state index is 13.7. The minimum absolute atomic E-state index is 0.0610. The summed E-state index contributed by atoms with van der Waals surface area (Å²) in [4.78, 5) is 15.7. The zero-order valence-corrected chi connectivity index (χ0v) is 21.8. The van der Waals surface area contributed by atoms with Gasteiger partial charge in [-0.1, -0.05) is 70.2 Å². The number of carbonyl (C=O) groups is 1. The van der Waals surface area contributed by atoms with Crippen molar-refractivity contribution in [2.45, 2.75) is 53.1 Å². The number of aryl methyl sites for hydroxylation is 1. The average Bonchev–Trinajstić information content (AvgIpc) is 3.43. The molecule has 0 fully saturated rings. The van der Waals surface area contributed by atoms with Crippen LogP contribution in [0.3, 0.4) is 0 Å². The van der Waals surface area contributed by atoms with Gasteiger partial charge >= 0.3 is 6.03 Å². The lowest BCUT2D eigenvalue weighted by Gasteiger charge is -2.31. The molecule has 0 radical (unpaired) electrons. The molecule has 4 aromatic rings. The predicted octanol–water partition coefficient (Wildman–Crippen LogP) is 6.37. The molecule has 2 amide bonds. The van der Waals surface area contributed by atoms with E-state index in [9.17, 15) is 4.79 Å². The van der Waals surface area contributed by atoms with Crippen molar-refractivity contribution in [2.24, 2.45) is 5.92 Å². The van der Waals surface area contributed by atoms with Gasteiger partial charge in [0.15, 0.2) is 0 Å². The second-order valence-electron chi connectivity index (χ2n) is 10.4. The lowest BCUT2D eigenvalue weighted by Crippen LogP contribution is -2.43. The van der Waals surface area contributed by atoms with E-state index in [2.05, 4.69) is 92.3 Å². The van der Waals surface area contributed by atoms with Crippen LogP contribution < -0.4 is 5.32 Å². The summed E-state index contributed by atoms with van der Waals surface area (Å²) in [5, 5.41) is 8.09. The third kappa shape index (κ3) is 4.32. The van der Waals surface area contributed by atoms with Crippen molar-refractivity contribution in [3.05, 3.63) is 101 Å². The van der Waals surface area contributed by atoms with E-state index in [0.29, 0.717) is 24.9 Å². The molecule has 6 heteroatoms. The summed E-state index contributed by atoms with van der Waals surface area (Å²) in [6.07, 6.45) is 2.08. The smallest absolute Gasteiger partial charge is 0.318 e. The Morgan fingerprint density at radius 1 is 1.00 bits per heavy atom. The van der Waals surface area contributed by atoms with Crippen LogP contribution in [0.5, 0.6) is 0 Å². The summed E-state index contributed by atoms with van der Waals surface area (Å²) in [6, 6.07) is 22.8. The highest BCUT2D eigenvalue weighted by atomic mass is 16.2. The van der Waals surface area contributed by atoms with E-state index in [1.54, 1.807) is 0 Å². The largest absolute Gasteiger partial charge is 0.338 e. The number of nitrogens with one attached hydrogen (secondary N) is 1. The zero-order valence-electron chi connectivity index (χ0n) is 21.8. The number of aromatic nitrogens is 3. The van der Waals surface area contributed by atoms with Crippen LogP contribution in [0.25, 0.3) is 11.5 Å². The quantitative estimate of drug-likeness (QED) is 0.360. The van der Waals surface area contributed by atoms with Gasteiger partial charge < -0.3 is 14.8 Å². The SMILES string of the molecule is Cc1nn(-c2ccccc2)c2c1CN(C(=O)NCC(C)C)[C@H](c1ccc(C(C)C)cc1)c1cccn1-2. The van der Waals surface area contributed by atoms with Crippen molar-refractivity contribution in [3.63, 3.8) is 0 Å². The summed E-state index contributed by atoms with van der Waals surface area (Å²) < 4.78 is 4.21. The van der Waals surface area contributed by atoms with E-state index >= 15 is 0 Å². The van der Waals surface area contributed by atoms with Crippen LogP contribution in [-0.2, 0) is 6.54 Å². The third-order valence-electron chi connectivity index (χ3n) is 6.93. The van der Waals surface area contributed by atoms with E-state index < -0.39 is 0 Å². The van der Waals surface area contributed by atoms with Gasteiger partial charge in [0.05, 0.1) is 29.7 Å². The molecule has 2 aromatic carbocycles. The molecule has 3 heterocycles. The Hall–Kier alpha value is -3.80. The Bertz CT molecular complexity index is 1350. The normalized spacial score (nSPS) is 15.1. The van der Waals surface area contributed by atoms with Crippen LogP contribution in [0.15, 0.2) is 72.9 Å². The van der Waals surface area contributed by atoms with Gasteiger partial charge in [-0.05, 0) is 54.2 Å². The lowest BCUT2D eigenvalue weighted by atomic mass is 9.97. The predicted molar refractivity (Wildman–Crippen MR) is 144 cm³/mol. The van der Waals surface area contributed by atoms with Gasteiger partial charge in [-0.2, -0.15) is 5.10 Å². The second kappa shape index (κ2) is 9.69. The molecule has 2 aromatic heterocycles. The summed E-state index contributed by atoms with van der Waals surface area (Å²) >= 11 is 0. The number of fused-ring (bicyclic) bond motifs is 3. The highest BCUT2D eigenvalue weighted by Crippen LogP contribution is 2.38. The second-order valence-corrected chi connectivity index (χ2v) is 10.4. The standard InChI is InChI=1S/C30H35N5O/c1-20(2)18-31-30(36)34-19-26-22(5)32-35(25-10-7-6-8-11-25)29(26)33-17-9-12-27(33)28(34)24-15-13-23(14-16-24)21(3)4/h6-17,20-21,28H,18-19H2,1-5H3,(H,31,36)/t28-/m1/s1. The van der Waals surface area contributed by atoms with Crippen molar-refractivity contribution in [2.75, 3.05) is 6.54 Å². The van der Waals surface area contributed by atoms with Crippen LogP contribution in [-0.4, -0.2) is 31.8 Å². The first kappa shape index (κ1) is 23.9. The number of hydrogen-bond acceptors (Lipinski definition) is 2. The van der Waals surface area contributed by atoms with E-state index in [-0.39, 0.29) is 12.1 Å². The van der Waals surface area contributed by atoms with Gasteiger partial charge in [0.25, 0.3) is 0 Å². The molecule has 1 aliphatic rings. The van der Waals surface area contributed by atoms with Crippen molar-refractivity contribution in [1.29, 1.82) is 0 Å². The Balaban J connectivity index is 1.69. The molecule has 0 saturated carbocycles. The fourth-order valence-corrected chi connectivity index (χ4v) is 4.96. The van der Waals surface area contributed by atoms with E-state index in [1.165, 1.54) is 5.56 Å². The number of rotatable bonds is 5. The van der Waals surface area contributed by atoms with Gasteiger partial charge in [0.2, 0.25) is 0 Å². The Labute approximate surface area is 213 Å². The lowest BCUT2D eigenvalue weighted by molar-refractivity contribution is 0.179. The molecule has 0 spiro atoms. The molecule has 0 saturated heterocycles. The summed E-state index contributed by atoms with van der Waals surface area (Å²) in [7, 11) is 0. The molecule has 5 rings (SSSR count). The Kier molecular flexibility index (Phi) is 6.44. The number of hydrogen-bond donors (Lipinski definition) is 1. The molecule has 36 heavy (non-hydrogen) atoms. The van der Waals surface area contributed by atoms with E-state index in [1.807, 2.05) is 34.7 Å². The number of amides is 2. The van der Waals surface area contributed by atoms with Crippen molar-refractivity contribution in [3.8, 4) is 11.5 Å². The first-order valence-electron chi connectivity index (χ1n) is 12.8. The van der Waals surface area contributed by atoms with Crippen LogP contribution in [0, 0.1) is 12.8 Å². The monoisotopic (exact) mass is 481 g/mol. The molecular formula is C30H35N5O. The molecule has 0 bridgehead atoms. The fraction of sp³-hybridized carbons (Fsp3) is 0.333. The van der Waals surface area contributed by atoms with Gasteiger partial charge in [0, 0.05) is 18.3 Å². The molecule has 0 aliphatic carbocycles. The minimum Gasteiger partial charge on any atom is -0.338 e. The van der Waals surface area contributed by atoms with E-state index in [4.69, 9.17) is 5.10 Å². The van der Waals surface area contributed by atoms with Crippen LogP contribution in [0.1, 0.15) is 67.7 Å². The number of urea groups is 1. The van der Waals surface area contributed by atoms with Gasteiger partial charge in [-0.15, -0.1) is 0 Å². The maximum absolute atomic E-state index is 13.7. The van der Waals surface area contributed by atoms with Crippen molar-refractivity contribution < 1.29 is 4.79 Å². The topological polar surface area (TPSA) is 55.1 Å². The highest BCUT2D eigenvalue weighted by molar-refractivity contribution is 5.76. The van der Waals surface area contributed by atoms with Gasteiger partial charge in [-0.25, -0.2) is 9.48 Å². The first-order valence-corrected chi connectivity index (χ1v) is 12.8. The third-order valence-corrected chi connectivity index (χ3v) is 6.93. The van der Waals surface area contributed by atoms with E-state index in [0.717, 1.165) is 34.0 Å².